The molecular weight excluding hydrogens is 270 g/mol. The van der Waals surface area contributed by atoms with E-state index in [4.69, 9.17) is 0 Å². The van der Waals surface area contributed by atoms with Crippen molar-refractivity contribution in [3.05, 3.63) is 16.3 Å². The summed E-state index contributed by atoms with van der Waals surface area (Å²) in [6, 6.07) is 0.315. The predicted octanol–water partition coefficient (Wildman–Crippen LogP) is 2.98. The summed E-state index contributed by atoms with van der Waals surface area (Å²) >= 11 is 0. The lowest BCUT2D eigenvalue weighted by Gasteiger charge is -2.30. The van der Waals surface area contributed by atoms with E-state index in [-0.39, 0.29) is 10.6 Å². The van der Waals surface area contributed by atoms with E-state index in [1.54, 1.807) is 0 Å². The fourth-order valence-electron chi connectivity index (χ4n) is 2.83. The molecule has 1 atom stereocenters. The Balaban J connectivity index is 2.41. The number of rotatable bonds is 5. The fraction of sp³-hybridized carbons (Fsp3) is 0.714. The van der Waals surface area contributed by atoms with Gasteiger partial charge in [0, 0.05) is 19.1 Å². The molecule has 0 bridgehead atoms. The lowest BCUT2D eigenvalue weighted by molar-refractivity contribution is -0.384. The fourth-order valence-corrected chi connectivity index (χ4v) is 2.83. The first-order valence-corrected chi connectivity index (χ1v) is 7.69. The first kappa shape index (κ1) is 15.5. The summed E-state index contributed by atoms with van der Waals surface area (Å²) in [6.07, 6.45) is 6.75. The van der Waals surface area contributed by atoms with Crippen LogP contribution in [0.2, 0.25) is 0 Å². The van der Waals surface area contributed by atoms with Gasteiger partial charge in [0.15, 0.2) is 0 Å². The van der Waals surface area contributed by atoms with Crippen molar-refractivity contribution in [1.82, 2.24) is 9.97 Å². The van der Waals surface area contributed by atoms with Crippen molar-refractivity contribution < 1.29 is 4.92 Å². The summed E-state index contributed by atoms with van der Waals surface area (Å²) < 4.78 is 0. The van der Waals surface area contributed by atoms with Gasteiger partial charge in [-0.2, -0.15) is 4.98 Å². The third-order valence-corrected chi connectivity index (χ3v) is 3.90. The molecule has 0 spiro atoms. The summed E-state index contributed by atoms with van der Waals surface area (Å²) in [5.41, 5.74) is -0.00277. The summed E-state index contributed by atoms with van der Waals surface area (Å²) in [5.74, 6) is 0.914. The maximum Gasteiger partial charge on any atom is 0.329 e. The molecular formula is C14H23N5O2. The Morgan fingerprint density at radius 2 is 2.24 bits per heavy atom. The lowest BCUT2D eigenvalue weighted by atomic mass is 10.1. The van der Waals surface area contributed by atoms with E-state index in [0.29, 0.717) is 24.4 Å². The second-order valence-electron chi connectivity index (χ2n) is 5.29. The van der Waals surface area contributed by atoms with Crippen LogP contribution in [0.15, 0.2) is 6.20 Å². The standard InChI is InChI=1S/C14H23N5O2/c1-3-11-8-6-5-7-9-18(11)13-12(19(20)21)10-16-14(17-13)15-4-2/h10-11H,3-9H2,1-2H3,(H,15,16,17). The first-order valence-electron chi connectivity index (χ1n) is 7.69. The monoisotopic (exact) mass is 293 g/mol. The van der Waals surface area contributed by atoms with Crippen LogP contribution in [0.25, 0.3) is 0 Å². The summed E-state index contributed by atoms with van der Waals surface area (Å²) in [4.78, 5) is 21.4. The normalized spacial score (nSPS) is 19.1. The third-order valence-electron chi connectivity index (χ3n) is 3.90. The minimum absolute atomic E-state index is 0.00277. The summed E-state index contributed by atoms with van der Waals surface area (Å²) in [7, 11) is 0. The van der Waals surface area contributed by atoms with Crippen molar-refractivity contribution in [1.29, 1.82) is 0 Å². The maximum atomic E-state index is 11.3. The first-order chi connectivity index (χ1) is 10.2. The van der Waals surface area contributed by atoms with Gasteiger partial charge in [-0.05, 0) is 26.2 Å². The Kier molecular flexibility index (Phi) is 5.30. The number of hydrogen-bond donors (Lipinski definition) is 1. The molecule has 116 valence electrons. The van der Waals surface area contributed by atoms with Gasteiger partial charge in [-0.25, -0.2) is 4.98 Å². The molecule has 0 aliphatic carbocycles. The number of anilines is 2. The van der Waals surface area contributed by atoms with E-state index in [1.807, 2.05) is 6.92 Å². The van der Waals surface area contributed by atoms with Crippen LogP contribution in [-0.2, 0) is 0 Å². The van der Waals surface area contributed by atoms with E-state index in [0.717, 1.165) is 25.8 Å². The highest BCUT2D eigenvalue weighted by Gasteiger charge is 2.28. The molecule has 2 heterocycles. The molecule has 0 aromatic carbocycles. The maximum absolute atomic E-state index is 11.3. The summed E-state index contributed by atoms with van der Waals surface area (Å²) in [5, 5.41) is 14.3. The van der Waals surface area contributed by atoms with Crippen molar-refractivity contribution in [2.45, 2.75) is 52.0 Å². The number of nitrogens with zero attached hydrogens (tertiary/aromatic N) is 4. The van der Waals surface area contributed by atoms with Gasteiger partial charge in [-0.1, -0.05) is 19.8 Å². The van der Waals surface area contributed by atoms with Crippen LogP contribution >= 0.6 is 0 Å². The third kappa shape index (κ3) is 3.59. The molecule has 1 aliphatic rings. The van der Waals surface area contributed by atoms with Gasteiger partial charge < -0.3 is 10.2 Å². The SMILES string of the molecule is CCNc1ncc([N+](=O)[O-])c(N2CCCCCC2CC)n1. The Morgan fingerprint density at radius 3 is 2.90 bits per heavy atom. The van der Waals surface area contributed by atoms with Gasteiger partial charge in [0.25, 0.3) is 0 Å². The molecule has 1 fully saturated rings. The average Bonchev–Trinajstić information content (AvgIpc) is 2.72. The second-order valence-corrected chi connectivity index (χ2v) is 5.29. The zero-order valence-corrected chi connectivity index (χ0v) is 12.7. The molecule has 1 unspecified atom stereocenters. The van der Waals surface area contributed by atoms with Crippen molar-refractivity contribution in [3.8, 4) is 0 Å². The molecule has 1 aromatic heterocycles. The Bertz CT molecular complexity index is 494. The minimum Gasteiger partial charge on any atom is -0.354 e. The Morgan fingerprint density at radius 1 is 1.43 bits per heavy atom. The van der Waals surface area contributed by atoms with E-state index in [1.165, 1.54) is 19.0 Å². The van der Waals surface area contributed by atoms with Gasteiger partial charge in [-0.15, -0.1) is 0 Å². The van der Waals surface area contributed by atoms with Gasteiger partial charge in [0.2, 0.25) is 11.8 Å². The molecule has 1 aromatic rings. The zero-order valence-electron chi connectivity index (χ0n) is 12.7. The molecule has 1 saturated heterocycles. The van der Waals surface area contributed by atoms with E-state index in [9.17, 15) is 10.1 Å². The molecule has 0 saturated carbocycles. The van der Waals surface area contributed by atoms with E-state index in [2.05, 4.69) is 27.1 Å². The van der Waals surface area contributed by atoms with E-state index < -0.39 is 0 Å². The molecule has 0 radical (unpaired) electrons. The largest absolute Gasteiger partial charge is 0.354 e. The molecule has 7 nitrogen and oxygen atoms in total. The Labute approximate surface area is 124 Å². The van der Waals surface area contributed by atoms with Crippen molar-refractivity contribution in [2.24, 2.45) is 0 Å². The van der Waals surface area contributed by atoms with Crippen LogP contribution < -0.4 is 10.2 Å². The van der Waals surface area contributed by atoms with Crippen LogP contribution in [0.4, 0.5) is 17.5 Å². The van der Waals surface area contributed by atoms with Gasteiger partial charge >= 0.3 is 5.69 Å². The van der Waals surface area contributed by atoms with Crippen molar-refractivity contribution >= 4 is 17.5 Å². The van der Waals surface area contributed by atoms with Gasteiger partial charge in [0.1, 0.15) is 6.20 Å². The van der Waals surface area contributed by atoms with Gasteiger partial charge in [0.05, 0.1) is 4.92 Å². The van der Waals surface area contributed by atoms with Gasteiger partial charge in [-0.3, -0.25) is 10.1 Å². The van der Waals surface area contributed by atoms with Crippen LogP contribution in [0.3, 0.4) is 0 Å². The topological polar surface area (TPSA) is 84.2 Å². The van der Waals surface area contributed by atoms with E-state index >= 15 is 0 Å². The molecule has 1 aliphatic heterocycles. The number of nitrogens with one attached hydrogen (secondary N) is 1. The highest BCUT2D eigenvalue weighted by atomic mass is 16.6. The molecule has 21 heavy (non-hydrogen) atoms. The average molecular weight is 293 g/mol. The molecule has 7 heteroatoms. The molecule has 1 N–H and O–H groups in total. The number of nitro groups is 1. The number of aromatic nitrogens is 2. The van der Waals surface area contributed by atoms with Crippen LogP contribution in [0.5, 0.6) is 0 Å². The Hall–Kier alpha value is -1.92. The smallest absolute Gasteiger partial charge is 0.329 e. The quantitative estimate of drug-likeness (QED) is 0.663. The van der Waals surface area contributed by atoms with Crippen LogP contribution in [0.1, 0.15) is 46.0 Å². The van der Waals surface area contributed by atoms with Crippen LogP contribution in [-0.4, -0.2) is 34.0 Å². The number of hydrogen-bond acceptors (Lipinski definition) is 6. The highest BCUT2D eigenvalue weighted by molar-refractivity contribution is 5.59. The lowest BCUT2D eigenvalue weighted by Crippen LogP contribution is -2.35. The summed E-state index contributed by atoms with van der Waals surface area (Å²) in [6.45, 7) is 5.59. The molecule has 0 amide bonds. The van der Waals surface area contributed by atoms with Crippen LogP contribution in [0, 0.1) is 10.1 Å². The highest BCUT2D eigenvalue weighted by Crippen LogP contribution is 2.31. The predicted molar refractivity (Wildman–Crippen MR) is 82.7 cm³/mol. The second kappa shape index (κ2) is 7.19. The van der Waals surface area contributed by atoms with Crippen molar-refractivity contribution in [2.75, 3.05) is 23.3 Å². The molecule has 2 rings (SSSR count). The van der Waals surface area contributed by atoms with Crippen molar-refractivity contribution in [3.63, 3.8) is 0 Å². The zero-order chi connectivity index (χ0) is 15.2. The minimum atomic E-state index is -0.386.